The van der Waals surface area contributed by atoms with Crippen LogP contribution in [0.15, 0.2) is 127 Å². The summed E-state index contributed by atoms with van der Waals surface area (Å²) in [6.45, 7) is 4.45. The van der Waals surface area contributed by atoms with Crippen molar-refractivity contribution in [3.05, 3.63) is 144 Å². The lowest BCUT2D eigenvalue weighted by atomic mass is 9.55. The zero-order chi connectivity index (χ0) is 31.6. The molecule has 0 radical (unpaired) electrons. The lowest BCUT2D eigenvalue weighted by molar-refractivity contribution is -0.150. The fraction of sp³-hybridized carbons (Fsp3) is 0.175. The average Bonchev–Trinajstić information content (AvgIpc) is 3.53. The number of ketones is 1. The first-order valence-corrected chi connectivity index (χ1v) is 15.6. The minimum absolute atomic E-state index is 0.0730. The number of para-hydroxylation sites is 1. The molecule has 2 saturated heterocycles. The zero-order valence-corrected chi connectivity index (χ0v) is 25.6. The van der Waals surface area contributed by atoms with E-state index in [9.17, 15) is 9.59 Å². The van der Waals surface area contributed by atoms with Gasteiger partial charge in [0.25, 0.3) is 5.91 Å². The molecule has 0 unspecified atom stereocenters. The number of piperidine rings is 1. The molecule has 8 rings (SSSR count). The topological polar surface area (TPSA) is 69.7 Å². The minimum atomic E-state index is -1.36. The van der Waals surface area contributed by atoms with E-state index in [-0.39, 0.29) is 30.7 Å². The first-order valence-electron chi connectivity index (χ1n) is 15.6. The Hall–Kier alpha value is -5.33. The van der Waals surface area contributed by atoms with E-state index in [0.717, 1.165) is 38.2 Å². The van der Waals surface area contributed by atoms with Crippen LogP contribution in [0.4, 0.5) is 5.69 Å². The maximum atomic E-state index is 15.7. The normalized spacial score (nSPS) is 25.1. The smallest absolute Gasteiger partial charge is 0.250 e. The van der Waals surface area contributed by atoms with Crippen LogP contribution in [-0.2, 0) is 19.9 Å². The SMILES string of the molecule is C=CC(=O)N1C/C(=C\c2cccc3ccccc23)C(=O)[C@@]2(C1)[C@H](c1cccc3ccccc13)CN(C)[C@]21C(=O)Nc2ccccc21. The maximum Gasteiger partial charge on any atom is 0.250 e. The molecular weight excluding hydrogens is 570 g/mol. The molecular formula is C40H33N3O3. The number of rotatable bonds is 3. The Balaban J connectivity index is 1.45. The van der Waals surface area contributed by atoms with Crippen LogP contribution in [0.2, 0.25) is 0 Å². The summed E-state index contributed by atoms with van der Waals surface area (Å²) in [4.78, 5) is 47.8. The van der Waals surface area contributed by atoms with Crippen LogP contribution in [0.1, 0.15) is 22.6 Å². The number of hydrogen-bond acceptors (Lipinski definition) is 4. The van der Waals surface area contributed by atoms with Crippen LogP contribution in [0.5, 0.6) is 0 Å². The third-order valence-corrected chi connectivity index (χ3v) is 10.5. The van der Waals surface area contributed by atoms with Crippen molar-refractivity contribution < 1.29 is 14.4 Å². The third kappa shape index (κ3) is 3.71. The molecule has 6 nitrogen and oxygen atoms in total. The van der Waals surface area contributed by atoms with Gasteiger partial charge < -0.3 is 10.2 Å². The molecule has 0 aromatic heterocycles. The molecule has 0 bridgehead atoms. The fourth-order valence-corrected chi connectivity index (χ4v) is 8.64. The lowest BCUT2D eigenvalue weighted by Gasteiger charge is -2.51. The van der Waals surface area contributed by atoms with Crippen LogP contribution in [0, 0.1) is 5.41 Å². The van der Waals surface area contributed by atoms with Crippen LogP contribution in [0.25, 0.3) is 27.6 Å². The van der Waals surface area contributed by atoms with Crippen LogP contribution < -0.4 is 5.32 Å². The second-order valence-corrected chi connectivity index (χ2v) is 12.6. The average molecular weight is 604 g/mol. The molecule has 2 amide bonds. The number of carbonyl (C=O) groups excluding carboxylic acids is 3. The van der Waals surface area contributed by atoms with Gasteiger partial charge in [0.05, 0.1) is 5.41 Å². The standard InChI is InChI=1S/C40H33N3O3/c1-3-36(44)43-23-29(22-28-16-10-14-26-12-4-6-17-30(26)28)37(45)39(25-43)34(32-19-11-15-27-13-5-7-18-31(27)32)24-42(2)40(39)33-20-8-9-21-35(33)41-38(40)46/h3-22,34H,1,23-25H2,2H3,(H,41,46)/b29-22+/t34-,39+,40+/m0/s1. The Kier molecular flexibility index (Phi) is 6.34. The van der Waals surface area contributed by atoms with Crippen LogP contribution in [0.3, 0.4) is 0 Å². The molecule has 46 heavy (non-hydrogen) atoms. The number of nitrogens with zero attached hydrogens (tertiary/aromatic N) is 2. The largest absolute Gasteiger partial charge is 0.334 e. The number of Topliss-reactive ketones (excluding diaryl/α,β-unsaturated/α-hetero) is 1. The van der Waals surface area contributed by atoms with Crippen molar-refractivity contribution in [1.82, 2.24) is 9.80 Å². The van der Waals surface area contributed by atoms with Gasteiger partial charge in [0.15, 0.2) is 5.78 Å². The highest BCUT2D eigenvalue weighted by atomic mass is 16.2. The summed E-state index contributed by atoms with van der Waals surface area (Å²) < 4.78 is 0. The Bertz CT molecular complexity index is 2140. The van der Waals surface area contributed by atoms with Crippen molar-refractivity contribution in [3.63, 3.8) is 0 Å². The van der Waals surface area contributed by atoms with Gasteiger partial charge in [0, 0.05) is 42.4 Å². The quantitative estimate of drug-likeness (QED) is 0.238. The molecule has 226 valence electrons. The molecule has 5 aromatic rings. The number of anilines is 1. The molecule has 3 atom stereocenters. The zero-order valence-electron chi connectivity index (χ0n) is 25.6. The van der Waals surface area contributed by atoms with Gasteiger partial charge in [-0.25, -0.2) is 0 Å². The maximum absolute atomic E-state index is 15.7. The van der Waals surface area contributed by atoms with Crippen molar-refractivity contribution in [2.75, 3.05) is 32.0 Å². The predicted octanol–water partition coefficient (Wildman–Crippen LogP) is 6.54. The van der Waals surface area contributed by atoms with Crippen molar-refractivity contribution in [2.45, 2.75) is 11.5 Å². The number of fused-ring (bicyclic) bond motifs is 5. The molecule has 6 heteroatoms. The minimum Gasteiger partial charge on any atom is -0.334 e. The summed E-state index contributed by atoms with van der Waals surface area (Å²) in [6, 6.07) is 36.1. The number of nitrogens with one attached hydrogen (secondary N) is 1. The molecule has 0 saturated carbocycles. The number of amides is 2. The first-order chi connectivity index (χ1) is 22.4. The number of hydrogen-bond donors (Lipinski definition) is 1. The highest BCUT2D eigenvalue weighted by Gasteiger charge is 2.75. The molecule has 3 aliphatic heterocycles. The van der Waals surface area contributed by atoms with Crippen molar-refractivity contribution >= 4 is 50.9 Å². The molecule has 3 aliphatic rings. The van der Waals surface area contributed by atoms with Crippen molar-refractivity contribution in [2.24, 2.45) is 5.41 Å². The second-order valence-electron chi connectivity index (χ2n) is 12.6. The van der Waals surface area contributed by atoms with Gasteiger partial charge in [-0.05, 0) is 57.9 Å². The van der Waals surface area contributed by atoms with Crippen molar-refractivity contribution in [1.29, 1.82) is 0 Å². The van der Waals surface area contributed by atoms with Gasteiger partial charge in [-0.3, -0.25) is 19.3 Å². The third-order valence-electron chi connectivity index (χ3n) is 10.5. The molecule has 0 aliphatic carbocycles. The Morgan fingerprint density at radius 1 is 0.848 bits per heavy atom. The summed E-state index contributed by atoms with van der Waals surface area (Å²) in [5.41, 5.74) is 1.12. The van der Waals surface area contributed by atoms with Crippen LogP contribution >= 0.6 is 0 Å². The summed E-state index contributed by atoms with van der Waals surface area (Å²) >= 11 is 0. The first kappa shape index (κ1) is 28.2. The fourth-order valence-electron chi connectivity index (χ4n) is 8.64. The highest BCUT2D eigenvalue weighted by molar-refractivity contribution is 6.17. The van der Waals surface area contributed by atoms with E-state index in [4.69, 9.17) is 0 Å². The summed E-state index contributed by atoms with van der Waals surface area (Å²) in [7, 11) is 1.93. The second kappa shape index (κ2) is 10.4. The Labute approximate surface area is 267 Å². The monoisotopic (exact) mass is 603 g/mol. The molecule has 5 aromatic carbocycles. The Morgan fingerprint density at radius 3 is 2.28 bits per heavy atom. The highest BCUT2D eigenvalue weighted by Crippen LogP contribution is 2.64. The predicted molar refractivity (Wildman–Crippen MR) is 182 cm³/mol. The summed E-state index contributed by atoms with van der Waals surface area (Å²) in [5, 5.41) is 7.30. The molecule has 2 fully saturated rings. The van der Waals surface area contributed by atoms with E-state index in [1.54, 1.807) is 4.90 Å². The van der Waals surface area contributed by atoms with Crippen molar-refractivity contribution in [3.8, 4) is 0 Å². The lowest BCUT2D eigenvalue weighted by Crippen LogP contribution is -2.66. The number of likely N-dealkylation sites (tertiary alicyclic amines) is 2. The van der Waals surface area contributed by atoms with E-state index in [2.05, 4.69) is 41.1 Å². The van der Waals surface area contributed by atoms with E-state index < -0.39 is 16.9 Å². The van der Waals surface area contributed by atoms with Gasteiger partial charge >= 0.3 is 0 Å². The molecule has 2 spiro atoms. The molecule has 1 N–H and O–H groups in total. The van der Waals surface area contributed by atoms with Gasteiger partial charge in [-0.15, -0.1) is 0 Å². The summed E-state index contributed by atoms with van der Waals surface area (Å²) in [5.74, 6) is -1.04. The van der Waals surface area contributed by atoms with E-state index >= 15 is 4.79 Å². The van der Waals surface area contributed by atoms with Gasteiger partial charge in [0.2, 0.25) is 5.91 Å². The molecule has 3 heterocycles. The Morgan fingerprint density at radius 2 is 1.50 bits per heavy atom. The van der Waals surface area contributed by atoms with Gasteiger partial charge in [-0.1, -0.05) is 110 Å². The van der Waals surface area contributed by atoms with Gasteiger partial charge in [0.1, 0.15) is 5.54 Å². The number of carbonyl (C=O) groups is 3. The summed E-state index contributed by atoms with van der Waals surface area (Å²) in [6.07, 6.45) is 3.24. The van der Waals surface area contributed by atoms with E-state index in [0.29, 0.717) is 17.8 Å². The van der Waals surface area contributed by atoms with E-state index in [1.165, 1.54) is 6.08 Å². The van der Waals surface area contributed by atoms with Gasteiger partial charge in [-0.2, -0.15) is 0 Å². The van der Waals surface area contributed by atoms with Crippen LogP contribution in [-0.4, -0.2) is 54.1 Å². The number of likely N-dealkylation sites (N-methyl/N-ethyl adjacent to an activating group) is 1. The number of benzene rings is 5. The van der Waals surface area contributed by atoms with E-state index in [1.807, 2.05) is 98.1 Å².